The van der Waals surface area contributed by atoms with Crippen LogP contribution in [-0.4, -0.2) is 22.6 Å². The fourth-order valence-electron chi connectivity index (χ4n) is 1.15. The van der Waals surface area contributed by atoms with Crippen LogP contribution < -0.4 is 10.6 Å². The van der Waals surface area contributed by atoms with Crippen LogP contribution in [0, 0.1) is 6.92 Å². The van der Waals surface area contributed by atoms with E-state index in [2.05, 4.69) is 41.4 Å². The summed E-state index contributed by atoms with van der Waals surface area (Å²) in [5.74, 6) is 0.673. The molecular formula is C11H20N4. The normalized spacial score (nSPS) is 11.5. The largest absolute Gasteiger partial charge is 0.357 e. The zero-order chi connectivity index (χ0) is 11.5. The van der Waals surface area contributed by atoms with E-state index in [4.69, 9.17) is 0 Å². The number of aryl methyl sites for hydroxylation is 1. The van der Waals surface area contributed by atoms with Crippen molar-refractivity contribution >= 4 is 5.95 Å². The first-order chi connectivity index (χ1) is 6.92. The molecule has 0 unspecified atom stereocenters. The molecule has 4 nitrogen and oxygen atoms in total. The van der Waals surface area contributed by atoms with Crippen LogP contribution in [0.4, 0.5) is 5.95 Å². The molecule has 0 saturated carbocycles. The molecule has 0 spiro atoms. The van der Waals surface area contributed by atoms with E-state index in [1.54, 1.807) is 0 Å². The summed E-state index contributed by atoms with van der Waals surface area (Å²) in [6.45, 7) is 9.24. The summed E-state index contributed by atoms with van der Waals surface area (Å²) in [7, 11) is 1.82. The smallest absolute Gasteiger partial charge is 0.222 e. The summed E-state index contributed by atoms with van der Waals surface area (Å²) in [6.07, 6.45) is 1.87. The second kappa shape index (κ2) is 4.57. The highest BCUT2D eigenvalue weighted by Gasteiger charge is 2.10. The number of anilines is 1. The van der Waals surface area contributed by atoms with Gasteiger partial charge in [-0.1, -0.05) is 0 Å². The number of hydrogen-bond donors (Lipinski definition) is 2. The summed E-state index contributed by atoms with van der Waals surface area (Å²) in [5.41, 5.74) is 2.28. The van der Waals surface area contributed by atoms with Gasteiger partial charge in [-0.25, -0.2) is 9.97 Å². The molecule has 15 heavy (non-hydrogen) atoms. The SMILES string of the molecule is CNc1ncc(CNC(C)(C)C)c(C)n1. The molecule has 0 atom stereocenters. The second-order valence-electron chi connectivity index (χ2n) is 4.66. The number of rotatable bonds is 3. The van der Waals surface area contributed by atoms with E-state index in [0.29, 0.717) is 5.95 Å². The van der Waals surface area contributed by atoms with Crippen molar-refractivity contribution in [2.75, 3.05) is 12.4 Å². The molecule has 0 fully saturated rings. The molecule has 0 aliphatic rings. The van der Waals surface area contributed by atoms with E-state index < -0.39 is 0 Å². The molecule has 1 aromatic rings. The Labute approximate surface area is 91.5 Å². The minimum Gasteiger partial charge on any atom is -0.357 e. The molecule has 2 N–H and O–H groups in total. The van der Waals surface area contributed by atoms with Gasteiger partial charge in [-0.05, 0) is 27.7 Å². The Balaban J connectivity index is 2.70. The van der Waals surface area contributed by atoms with E-state index in [9.17, 15) is 0 Å². The van der Waals surface area contributed by atoms with Crippen molar-refractivity contribution in [3.63, 3.8) is 0 Å². The Morgan fingerprint density at radius 1 is 1.33 bits per heavy atom. The lowest BCUT2D eigenvalue weighted by Gasteiger charge is -2.20. The average Bonchev–Trinajstić information content (AvgIpc) is 2.14. The highest BCUT2D eigenvalue weighted by Crippen LogP contribution is 2.08. The van der Waals surface area contributed by atoms with Crippen LogP contribution >= 0.6 is 0 Å². The summed E-state index contributed by atoms with van der Waals surface area (Å²) in [6, 6.07) is 0. The van der Waals surface area contributed by atoms with Crippen molar-refractivity contribution in [1.82, 2.24) is 15.3 Å². The predicted octanol–water partition coefficient (Wildman–Crippen LogP) is 1.71. The minimum atomic E-state index is 0.119. The highest BCUT2D eigenvalue weighted by molar-refractivity contribution is 5.28. The molecule has 4 heteroatoms. The van der Waals surface area contributed by atoms with Crippen molar-refractivity contribution in [3.8, 4) is 0 Å². The maximum atomic E-state index is 4.33. The summed E-state index contributed by atoms with van der Waals surface area (Å²) >= 11 is 0. The third-order valence-electron chi connectivity index (χ3n) is 2.11. The maximum absolute atomic E-state index is 4.33. The molecule has 0 radical (unpaired) electrons. The number of nitrogens with one attached hydrogen (secondary N) is 2. The monoisotopic (exact) mass is 208 g/mol. The van der Waals surface area contributed by atoms with Gasteiger partial charge in [0.15, 0.2) is 0 Å². The molecule has 0 aromatic carbocycles. The van der Waals surface area contributed by atoms with Gasteiger partial charge in [0.2, 0.25) is 5.95 Å². The molecule has 1 aromatic heterocycles. The molecule has 0 amide bonds. The lowest BCUT2D eigenvalue weighted by molar-refractivity contribution is 0.423. The molecule has 84 valence electrons. The van der Waals surface area contributed by atoms with Gasteiger partial charge in [0.1, 0.15) is 0 Å². The van der Waals surface area contributed by atoms with Crippen LogP contribution in [0.2, 0.25) is 0 Å². The topological polar surface area (TPSA) is 49.8 Å². The van der Waals surface area contributed by atoms with Gasteiger partial charge in [0.25, 0.3) is 0 Å². The fourth-order valence-corrected chi connectivity index (χ4v) is 1.15. The van der Waals surface area contributed by atoms with Crippen molar-refractivity contribution in [3.05, 3.63) is 17.5 Å². The number of hydrogen-bond acceptors (Lipinski definition) is 4. The second-order valence-corrected chi connectivity index (χ2v) is 4.66. The van der Waals surface area contributed by atoms with Crippen molar-refractivity contribution in [2.24, 2.45) is 0 Å². The van der Waals surface area contributed by atoms with Crippen LogP contribution in [0.15, 0.2) is 6.20 Å². The Morgan fingerprint density at radius 3 is 2.47 bits per heavy atom. The molecule has 1 heterocycles. The Bertz CT molecular complexity index is 328. The minimum absolute atomic E-state index is 0.119. The number of nitrogens with zero attached hydrogens (tertiary/aromatic N) is 2. The van der Waals surface area contributed by atoms with E-state index in [1.807, 2.05) is 20.2 Å². The zero-order valence-corrected chi connectivity index (χ0v) is 10.2. The summed E-state index contributed by atoms with van der Waals surface area (Å²) in [5, 5.41) is 6.34. The third-order valence-corrected chi connectivity index (χ3v) is 2.11. The van der Waals surface area contributed by atoms with Gasteiger partial charge in [-0.2, -0.15) is 0 Å². The van der Waals surface area contributed by atoms with Gasteiger partial charge in [0.05, 0.1) is 0 Å². The van der Waals surface area contributed by atoms with Crippen LogP contribution in [0.1, 0.15) is 32.0 Å². The fraction of sp³-hybridized carbons (Fsp3) is 0.636. The van der Waals surface area contributed by atoms with Crippen molar-refractivity contribution in [2.45, 2.75) is 39.8 Å². The molecule has 0 aliphatic carbocycles. The summed E-state index contributed by atoms with van der Waals surface area (Å²) in [4.78, 5) is 8.53. The Morgan fingerprint density at radius 2 is 2.00 bits per heavy atom. The Kier molecular flexibility index (Phi) is 3.63. The first kappa shape index (κ1) is 11.9. The van der Waals surface area contributed by atoms with Crippen LogP contribution in [0.25, 0.3) is 0 Å². The van der Waals surface area contributed by atoms with Gasteiger partial charge < -0.3 is 10.6 Å². The highest BCUT2D eigenvalue weighted by atomic mass is 15.1. The van der Waals surface area contributed by atoms with Crippen LogP contribution in [0.3, 0.4) is 0 Å². The van der Waals surface area contributed by atoms with E-state index in [0.717, 1.165) is 17.8 Å². The summed E-state index contributed by atoms with van der Waals surface area (Å²) < 4.78 is 0. The third kappa shape index (κ3) is 3.83. The molecular weight excluding hydrogens is 188 g/mol. The lowest BCUT2D eigenvalue weighted by atomic mass is 10.1. The molecule has 1 rings (SSSR count). The maximum Gasteiger partial charge on any atom is 0.222 e. The molecule has 0 bridgehead atoms. The van der Waals surface area contributed by atoms with Crippen molar-refractivity contribution in [1.29, 1.82) is 0 Å². The predicted molar refractivity (Wildman–Crippen MR) is 62.9 cm³/mol. The van der Waals surface area contributed by atoms with Crippen LogP contribution in [-0.2, 0) is 6.54 Å². The van der Waals surface area contributed by atoms with Gasteiger partial charge in [0, 0.05) is 36.6 Å². The van der Waals surface area contributed by atoms with E-state index in [1.165, 1.54) is 0 Å². The zero-order valence-electron chi connectivity index (χ0n) is 10.2. The van der Waals surface area contributed by atoms with E-state index >= 15 is 0 Å². The average molecular weight is 208 g/mol. The lowest BCUT2D eigenvalue weighted by Crippen LogP contribution is -2.35. The molecule has 0 aliphatic heterocycles. The quantitative estimate of drug-likeness (QED) is 0.794. The van der Waals surface area contributed by atoms with Crippen LogP contribution in [0.5, 0.6) is 0 Å². The van der Waals surface area contributed by atoms with Crippen molar-refractivity contribution < 1.29 is 0 Å². The number of aromatic nitrogens is 2. The Hall–Kier alpha value is -1.16. The van der Waals surface area contributed by atoms with E-state index in [-0.39, 0.29) is 5.54 Å². The first-order valence-electron chi connectivity index (χ1n) is 5.17. The van der Waals surface area contributed by atoms with Gasteiger partial charge in [-0.3, -0.25) is 0 Å². The standard InChI is InChI=1S/C11H20N4/c1-8-9(7-14-11(2,3)4)6-13-10(12-5)15-8/h6,14H,7H2,1-5H3,(H,12,13,15). The van der Waals surface area contributed by atoms with Gasteiger partial charge in [-0.15, -0.1) is 0 Å². The first-order valence-corrected chi connectivity index (χ1v) is 5.17. The molecule has 0 saturated heterocycles. The van der Waals surface area contributed by atoms with Gasteiger partial charge >= 0.3 is 0 Å².